The highest BCUT2D eigenvalue weighted by atomic mass is 16.5. The van der Waals surface area contributed by atoms with Crippen LogP contribution in [0.5, 0.6) is 0 Å². The summed E-state index contributed by atoms with van der Waals surface area (Å²) in [5.41, 5.74) is 2.74. The van der Waals surface area contributed by atoms with E-state index in [1.165, 1.54) is 0 Å². The minimum Gasteiger partial charge on any atom is -0.380 e. The second-order valence-electron chi connectivity index (χ2n) is 3.72. The Hall–Kier alpha value is -0.160. The Morgan fingerprint density at radius 3 is 2.36 bits per heavy atom. The molecule has 4 nitrogen and oxygen atoms in total. The third-order valence-corrected chi connectivity index (χ3v) is 2.15. The summed E-state index contributed by atoms with van der Waals surface area (Å²) >= 11 is 0. The number of ether oxygens (including phenoxy) is 2. The van der Waals surface area contributed by atoms with Crippen LogP contribution >= 0.6 is 0 Å². The molecule has 2 atom stereocenters. The molecule has 86 valence electrons. The van der Waals surface area contributed by atoms with Gasteiger partial charge in [0, 0.05) is 7.11 Å². The standard InChI is InChI=1S/C10H24N2O2/c1-5-6-10(13-4)9(12-11)7-14-8(2)3/h8-10,12H,5-7,11H2,1-4H3. The summed E-state index contributed by atoms with van der Waals surface area (Å²) in [5, 5.41) is 0. The van der Waals surface area contributed by atoms with E-state index in [-0.39, 0.29) is 18.2 Å². The van der Waals surface area contributed by atoms with E-state index in [0.717, 1.165) is 12.8 Å². The lowest BCUT2D eigenvalue weighted by atomic mass is 10.1. The molecule has 0 rings (SSSR count). The average molecular weight is 204 g/mol. The largest absolute Gasteiger partial charge is 0.380 e. The number of methoxy groups -OCH3 is 1. The number of nitrogens with one attached hydrogen (secondary N) is 1. The molecule has 0 aromatic carbocycles. The van der Waals surface area contributed by atoms with Crippen molar-refractivity contribution in [2.24, 2.45) is 5.84 Å². The van der Waals surface area contributed by atoms with Crippen molar-refractivity contribution in [1.29, 1.82) is 0 Å². The van der Waals surface area contributed by atoms with Crippen molar-refractivity contribution in [3.8, 4) is 0 Å². The van der Waals surface area contributed by atoms with Crippen molar-refractivity contribution in [3.05, 3.63) is 0 Å². The Morgan fingerprint density at radius 2 is 2.00 bits per heavy atom. The van der Waals surface area contributed by atoms with Crippen molar-refractivity contribution in [2.45, 2.75) is 51.9 Å². The van der Waals surface area contributed by atoms with Gasteiger partial charge in [-0.05, 0) is 20.3 Å². The zero-order valence-corrected chi connectivity index (χ0v) is 9.75. The number of rotatable bonds is 8. The van der Waals surface area contributed by atoms with Gasteiger partial charge in [-0.15, -0.1) is 0 Å². The molecule has 0 aromatic heterocycles. The molecule has 0 saturated heterocycles. The molecule has 0 heterocycles. The van der Waals surface area contributed by atoms with Crippen LogP contribution in [0.2, 0.25) is 0 Å². The Morgan fingerprint density at radius 1 is 1.36 bits per heavy atom. The summed E-state index contributed by atoms with van der Waals surface area (Å²) in [6.07, 6.45) is 2.43. The number of nitrogens with two attached hydrogens (primary N) is 1. The lowest BCUT2D eigenvalue weighted by molar-refractivity contribution is -0.00153. The third-order valence-electron chi connectivity index (χ3n) is 2.15. The summed E-state index contributed by atoms with van der Waals surface area (Å²) in [6, 6.07) is 0.0716. The van der Waals surface area contributed by atoms with Crippen LogP contribution in [0.25, 0.3) is 0 Å². The Balaban J connectivity index is 3.94. The molecule has 0 amide bonds. The Labute approximate surface area is 87.1 Å². The van der Waals surface area contributed by atoms with E-state index >= 15 is 0 Å². The monoisotopic (exact) mass is 204 g/mol. The molecule has 0 bridgehead atoms. The fourth-order valence-electron chi connectivity index (χ4n) is 1.33. The van der Waals surface area contributed by atoms with Gasteiger partial charge in [0.25, 0.3) is 0 Å². The van der Waals surface area contributed by atoms with Crippen LogP contribution in [0, 0.1) is 0 Å². The molecule has 2 unspecified atom stereocenters. The molecule has 3 N–H and O–H groups in total. The lowest BCUT2D eigenvalue weighted by Crippen LogP contribution is -2.48. The van der Waals surface area contributed by atoms with Crippen molar-refractivity contribution in [1.82, 2.24) is 5.43 Å². The molecule has 0 aliphatic rings. The molecule has 0 aliphatic heterocycles. The molecular formula is C10H24N2O2. The summed E-state index contributed by atoms with van der Waals surface area (Å²) in [6.45, 7) is 6.74. The maximum atomic E-state index is 5.50. The van der Waals surface area contributed by atoms with Gasteiger partial charge in [-0.3, -0.25) is 11.3 Å². The minimum absolute atomic E-state index is 0.0716. The Bertz CT molecular complexity index is 131. The summed E-state index contributed by atoms with van der Waals surface area (Å²) < 4.78 is 10.9. The summed E-state index contributed by atoms with van der Waals surface area (Å²) in [4.78, 5) is 0. The topological polar surface area (TPSA) is 56.5 Å². The normalized spacial score (nSPS) is 15.9. The first-order chi connectivity index (χ1) is 6.65. The fourth-order valence-corrected chi connectivity index (χ4v) is 1.33. The van der Waals surface area contributed by atoms with Crippen molar-refractivity contribution < 1.29 is 9.47 Å². The highest BCUT2D eigenvalue weighted by Crippen LogP contribution is 2.07. The highest BCUT2D eigenvalue weighted by molar-refractivity contribution is 4.74. The predicted octanol–water partition coefficient (Wildman–Crippen LogP) is 1.06. The van der Waals surface area contributed by atoms with Crippen LogP contribution in [-0.2, 0) is 9.47 Å². The highest BCUT2D eigenvalue weighted by Gasteiger charge is 2.19. The molecule has 0 spiro atoms. The zero-order valence-electron chi connectivity index (χ0n) is 9.75. The molecule has 0 fully saturated rings. The van der Waals surface area contributed by atoms with Crippen LogP contribution in [0.1, 0.15) is 33.6 Å². The van der Waals surface area contributed by atoms with Crippen molar-refractivity contribution >= 4 is 0 Å². The van der Waals surface area contributed by atoms with Gasteiger partial charge in [0.1, 0.15) is 0 Å². The summed E-state index contributed by atoms with van der Waals surface area (Å²) in [5.74, 6) is 5.46. The van der Waals surface area contributed by atoms with Gasteiger partial charge in [0.05, 0.1) is 24.9 Å². The SMILES string of the molecule is CCCC(OC)C(COC(C)C)NN. The Kier molecular flexibility index (Phi) is 8.08. The maximum absolute atomic E-state index is 5.50. The number of hydrazine groups is 1. The molecular weight excluding hydrogens is 180 g/mol. The quantitative estimate of drug-likeness (QED) is 0.458. The first-order valence-corrected chi connectivity index (χ1v) is 5.26. The fraction of sp³-hybridized carbons (Fsp3) is 1.00. The van der Waals surface area contributed by atoms with E-state index in [1.807, 2.05) is 13.8 Å². The molecule has 4 heteroatoms. The predicted molar refractivity (Wildman–Crippen MR) is 57.9 cm³/mol. The average Bonchev–Trinajstić information content (AvgIpc) is 2.16. The van der Waals surface area contributed by atoms with Crippen LogP contribution in [0.3, 0.4) is 0 Å². The van der Waals surface area contributed by atoms with E-state index < -0.39 is 0 Å². The van der Waals surface area contributed by atoms with Crippen LogP contribution in [0.4, 0.5) is 0 Å². The van der Waals surface area contributed by atoms with Gasteiger partial charge in [-0.25, -0.2) is 0 Å². The van der Waals surface area contributed by atoms with Gasteiger partial charge >= 0.3 is 0 Å². The molecule has 0 saturated carbocycles. The first-order valence-electron chi connectivity index (χ1n) is 5.26. The van der Waals surface area contributed by atoms with Crippen LogP contribution in [0.15, 0.2) is 0 Å². The smallest absolute Gasteiger partial charge is 0.0760 e. The molecule has 14 heavy (non-hydrogen) atoms. The van der Waals surface area contributed by atoms with E-state index in [4.69, 9.17) is 15.3 Å². The first kappa shape index (κ1) is 13.8. The molecule has 0 aliphatic carbocycles. The van der Waals surface area contributed by atoms with Crippen LogP contribution < -0.4 is 11.3 Å². The minimum atomic E-state index is 0.0716. The second-order valence-corrected chi connectivity index (χ2v) is 3.72. The maximum Gasteiger partial charge on any atom is 0.0760 e. The van der Waals surface area contributed by atoms with E-state index in [0.29, 0.717) is 6.61 Å². The van der Waals surface area contributed by atoms with Gasteiger partial charge in [0.2, 0.25) is 0 Å². The second kappa shape index (κ2) is 8.17. The zero-order chi connectivity index (χ0) is 11.0. The lowest BCUT2D eigenvalue weighted by Gasteiger charge is -2.25. The van der Waals surface area contributed by atoms with Gasteiger partial charge < -0.3 is 9.47 Å². The summed E-state index contributed by atoms with van der Waals surface area (Å²) in [7, 11) is 1.71. The number of hydrogen-bond donors (Lipinski definition) is 2. The number of hydrogen-bond acceptors (Lipinski definition) is 4. The third kappa shape index (κ3) is 5.54. The van der Waals surface area contributed by atoms with E-state index in [9.17, 15) is 0 Å². The van der Waals surface area contributed by atoms with Gasteiger partial charge in [0.15, 0.2) is 0 Å². The van der Waals surface area contributed by atoms with Crippen molar-refractivity contribution in [2.75, 3.05) is 13.7 Å². The van der Waals surface area contributed by atoms with E-state index in [1.54, 1.807) is 7.11 Å². The molecule has 0 radical (unpaired) electrons. The van der Waals surface area contributed by atoms with Crippen LogP contribution in [-0.4, -0.2) is 32.0 Å². The van der Waals surface area contributed by atoms with Gasteiger partial charge in [-0.1, -0.05) is 13.3 Å². The van der Waals surface area contributed by atoms with Crippen molar-refractivity contribution in [3.63, 3.8) is 0 Å². The molecule has 0 aromatic rings. The van der Waals surface area contributed by atoms with E-state index in [2.05, 4.69) is 12.3 Å². The van der Waals surface area contributed by atoms with Gasteiger partial charge in [-0.2, -0.15) is 0 Å².